The van der Waals surface area contributed by atoms with Crippen molar-refractivity contribution in [2.75, 3.05) is 6.79 Å². The van der Waals surface area contributed by atoms with Crippen LogP contribution in [0, 0.1) is 6.92 Å². The number of ether oxygens (including phenoxy) is 2. The lowest BCUT2D eigenvalue weighted by Gasteiger charge is -2.17. The van der Waals surface area contributed by atoms with E-state index in [1.54, 1.807) is 6.20 Å². The Morgan fingerprint density at radius 2 is 2.09 bits per heavy atom. The third kappa shape index (κ3) is 3.62. The van der Waals surface area contributed by atoms with E-state index in [-0.39, 0.29) is 18.7 Å². The maximum Gasteiger partial charge on any atom is 0.231 e. The number of nitrogens with one attached hydrogen (secondary N) is 1. The monoisotopic (exact) mass is 312 g/mol. The number of aryl methyl sites for hydroxylation is 1. The minimum atomic E-state index is -0.0728. The number of hydrogen-bond donors (Lipinski definition) is 1. The summed E-state index contributed by atoms with van der Waals surface area (Å²) in [6, 6.07) is 9.47. The number of aromatic nitrogens is 1. The highest BCUT2D eigenvalue weighted by molar-refractivity contribution is 5.79. The summed E-state index contributed by atoms with van der Waals surface area (Å²) in [4.78, 5) is 16.7. The molecule has 0 aliphatic carbocycles. The summed E-state index contributed by atoms with van der Waals surface area (Å²) in [5.74, 6) is 1.39. The third-order valence-corrected chi connectivity index (χ3v) is 3.84. The van der Waals surface area contributed by atoms with Gasteiger partial charge < -0.3 is 14.8 Å². The Balaban J connectivity index is 1.66. The Bertz CT molecular complexity index is 715. The van der Waals surface area contributed by atoms with Crippen molar-refractivity contribution in [2.45, 2.75) is 32.7 Å². The average Bonchev–Trinajstić information content (AvgIpc) is 3.00. The number of carbonyl (C=O) groups is 1. The maximum absolute atomic E-state index is 12.3. The molecule has 120 valence electrons. The molecule has 0 bridgehead atoms. The molecule has 1 aromatic heterocycles. The lowest BCUT2D eigenvalue weighted by molar-refractivity contribution is -0.121. The quantitative estimate of drug-likeness (QED) is 0.922. The Morgan fingerprint density at radius 3 is 2.87 bits per heavy atom. The molecule has 0 saturated heterocycles. The molecule has 5 nitrogen and oxygen atoms in total. The summed E-state index contributed by atoms with van der Waals surface area (Å²) >= 11 is 0. The van der Waals surface area contributed by atoms with E-state index in [1.807, 2.05) is 44.2 Å². The number of rotatable bonds is 5. The molecular formula is C18H20N2O3. The van der Waals surface area contributed by atoms with Crippen molar-refractivity contribution in [2.24, 2.45) is 0 Å². The number of carbonyl (C=O) groups excluding carboxylic acids is 1. The van der Waals surface area contributed by atoms with Gasteiger partial charge in [0.1, 0.15) is 0 Å². The number of nitrogens with zero attached hydrogens (tertiary/aromatic N) is 1. The molecule has 0 radical (unpaired) electrons. The van der Waals surface area contributed by atoms with Gasteiger partial charge in [-0.1, -0.05) is 13.0 Å². The van der Waals surface area contributed by atoms with E-state index in [0.717, 1.165) is 29.0 Å². The SMILES string of the molecule is CC[C@@H](NC(=O)Cc1ccc2c(c1)OCO2)c1cc(C)ccn1. The lowest BCUT2D eigenvalue weighted by Crippen LogP contribution is -2.30. The van der Waals surface area contributed by atoms with Gasteiger partial charge in [-0.15, -0.1) is 0 Å². The lowest BCUT2D eigenvalue weighted by atomic mass is 10.1. The molecule has 0 spiro atoms. The summed E-state index contributed by atoms with van der Waals surface area (Å²) in [5, 5.41) is 3.05. The molecule has 1 N–H and O–H groups in total. The zero-order chi connectivity index (χ0) is 16.2. The summed E-state index contributed by atoms with van der Waals surface area (Å²) in [6.45, 7) is 4.30. The number of benzene rings is 1. The predicted octanol–water partition coefficient (Wildman–Crippen LogP) is 2.93. The van der Waals surface area contributed by atoms with Crippen LogP contribution in [-0.4, -0.2) is 17.7 Å². The first kappa shape index (κ1) is 15.3. The van der Waals surface area contributed by atoms with Gasteiger partial charge in [0.25, 0.3) is 0 Å². The van der Waals surface area contributed by atoms with Gasteiger partial charge in [-0.25, -0.2) is 0 Å². The van der Waals surface area contributed by atoms with Crippen LogP contribution in [0.5, 0.6) is 11.5 Å². The Morgan fingerprint density at radius 1 is 1.26 bits per heavy atom. The molecule has 2 aromatic rings. The van der Waals surface area contributed by atoms with Crippen molar-refractivity contribution in [1.29, 1.82) is 0 Å². The van der Waals surface area contributed by atoms with E-state index in [0.29, 0.717) is 12.2 Å². The van der Waals surface area contributed by atoms with Crippen LogP contribution in [0.4, 0.5) is 0 Å². The molecule has 1 atom stereocenters. The Hall–Kier alpha value is -2.56. The first-order valence-corrected chi connectivity index (χ1v) is 7.76. The second-order valence-corrected chi connectivity index (χ2v) is 5.65. The summed E-state index contributed by atoms with van der Waals surface area (Å²) in [5.41, 5.74) is 2.93. The van der Waals surface area contributed by atoms with Gasteiger partial charge in [-0.3, -0.25) is 9.78 Å². The fourth-order valence-electron chi connectivity index (χ4n) is 2.62. The normalized spacial score (nSPS) is 13.7. The van der Waals surface area contributed by atoms with E-state index < -0.39 is 0 Å². The van der Waals surface area contributed by atoms with Crippen molar-refractivity contribution < 1.29 is 14.3 Å². The van der Waals surface area contributed by atoms with Gasteiger partial charge in [-0.2, -0.15) is 0 Å². The highest BCUT2D eigenvalue weighted by Gasteiger charge is 2.17. The van der Waals surface area contributed by atoms with Crippen molar-refractivity contribution in [3.8, 4) is 11.5 Å². The van der Waals surface area contributed by atoms with E-state index in [1.165, 1.54) is 0 Å². The first-order chi connectivity index (χ1) is 11.2. The topological polar surface area (TPSA) is 60.5 Å². The van der Waals surface area contributed by atoms with Crippen LogP contribution < -0.4 is 14.8 Å². The molecule has 1 aliphatic heterocycles. The number of pyridine rings is 1. The van der Waals surface area contributed by atoms with Crippen LogP contribution in [0.2, 0.25) is 0 Å². The standard InChI is InChI=1S/C18H20N2O3/c1-3-14(15-8-12(2)6-7-19-15)20-18(21)10-13-4-5-16-17(9-13)23-11-22-16/h4-9,14H,3,10-11H2,1-2H3,(H,20,21)/t14-/m1/s1. The van der Waals surface area contributed by atoms with Crippen molar-refractivity contribution in [3.63, 3.8) is 0 Å². The summed E-state index contributed by atoms with van der Waals surface area (Å²) in [6.07, 6.45) is 2.87. The van der Waals surface area contributed by atoms with Gasteiger partial charge in [0.15, 0.2) is 11.5 Å². The molecule has 0 fully saturated rings. The van der Waals surface area contributed by atoms with Crippen molar-refractivity contribution >= 4 is 5.91 Å². The van der Waals surface area contributed by atoms with E-state index >= 15 is 0 Å². The second kappa shape index (κ2) is 6.69. The largest absolute Gasteiger partial charge is 0.454 e. The van der Waals surface area contributed by atoms with Gasteiger partial charge in [0.05, 0.1) is 18.2 Å². The van der Waals surface area contributed by atoms with Gasteiger partial charge in [0, 0.05) is 6.20 Å². The van der Waals surface area contributed by atoms with E-state index in [9.17, 15) is 4.79 Å². The smallest absolute Gasteiger partial charge is 0.231 e. The number of fused-ring (bicyclic) bond motifs is 1. The van der Waals surface area contributed by atoms with Crippen molar-refractivity contribution in [1.82, 2.24) is 10.3 Å². The molecule has 23 heavy (non-hydrogen) atoms. The maximum atomic E-state index is 12.3. The average molecular weight is 312 g/mol. The molecule has 2 heterocycles. The zero-order valence-electron chi connectivity index (χ0n) is 13.3. The number of amides is 1. The molecule has 1 aromatic carbocycles. The van der Waals surface area contributed by atoms with Gasteiger partial charge in [-0.05, 0) is 48.7 Å². The molecule has 3 rings (SSSR count). The fourth-order valence-corrected chi connectivity index (χ4v) is 2.62. The van der Waals surface area contributed by atoms with Crippen LogP contribution >= 0.6 is 0 Å². The Kier molecular flexibility index (Phi) is 4.46. The van der Waals surface area contributed by atoms with Crippen LogP contribution in [-0.2, 0) is 11.2 Å². The highest BCUT2D eigenvalue weighted by Crippen LogP contribution is 2.32. The van der Waals surface area contributed by atoms with Crippen molar-refractivity contribution in [3.05, 3.63) is 53.3 Å². The molecule has 0 unspecified atom stereocenters. The second-order valence-electron chi connectivity index (χ2n) is 5.65. The summed E-state index contributed by atoms with van der Waals surface area (Å²) < 4.78 is 10.6. The van der Waals surface area contributed by atoms with Gasteiger partial charge >= 0.3 is 0 Å². The van der Waals surface area contributed by atoms with E-state index in [4.69, 9.17) is 9.47 Å². The minimum absolute atomic E-state index is 0.0287. The molecular weight excluding hydrogens is 292 g/mol. The van der Waals surface area contributed by atoms with Crippen LogP contribution in [0.3, 0.4) is 0 Å². The molecule has 1 amide bonds. The van der Waals surface area contributed by atoms with Gasteiger partial charge in [0.2, 0.25) is 12.7 Å². The zero-order valence-corrected chi connectivity index (χ0v) is 13.3. The fraction of sp³-hybridized carbons (Fsp3) is 0.333. The van der Waals surface area contributed by atoms with E-state index in [2.05, 4.69) is 10.3 Å². The van der Waals surface area contributed by atoms with Crippen LogP contribution in [0.15, 0.2) is 36.5 Å². The molecule has 0 saturated carbocycles. The van der Waals surface area contributed by atoms with Crippen LogP contribution in [0.1, 0.15) is 36.2 Å². The predicted molar refractivity (Wildman–Crippen MR) is 86.4 cm³/mol. The highest BCUT2D eigenvalue weighted by atomic mass is 16.7. The molecule has 1 aliphatic rings. The molecule has 5 heteroatoms. The third-order valence-electron chi connectivity index (χ3n) is 3.84. The Labute approximate surface area is 135 Å². The number of hydrogen-bond acceptors (Lipinski definition) is 4. The minimum Gasteiger partial charge on any atom is -0.454 e. The van der Waals surface area contributed by atoms with Crippen LogP contribution in [0.25, 0.3) is 0 Å². The summed E-state index contributed by atoms with van der Waals surface area (Å²) in [7, 11) is 0. The first-order valence-electron chi connectivity index (χ1n) is 7.76.